The maximum atomic E-state index is 6.28. The molecule has 0 bridgehead atoms. The van der Waals surface area contributed by atoms with Crippen LogP contribution in [0.25, 0.3) is 0 Å². The van der Waals surface area contributed by atoms with E-state index in [0.29, 0.717) is 13.2 Å². The fourth-order valence-corrected chi connectivity index (χ4v) is 2.37. The normalized spacial score (nSPS) is 17.8. The zero-order valence-electron chi connectivity index (χ0n) is 10.8. The fourth-order valence-electron chi connectivity index (χ4n) is 2.37. The zero-order chi connectivity index (χ0) is 12.7. The van der Waals surface area contributed by atoms with Gasteiger partial charge in [-0.05, 0) is 25.0 Å². The summed E-state index contributed by atoms with van der Waals surface area (Å²) in [5, 5.41) is 0. The fraction of sp³-hybridized carbons (Fsp3) is 0.500. The Balaban J connectivity index is 1.71. The summed E-state index contributed by atoms with van der Waals surface area (Å²) in [5.41, 5.74) is 7.20. The molecule has 1 aliphatic rings. The van der Waals surface area contributed by atoms with Crippen molar-refractivity contribution in [2.24, 2.45) is 5.73 Å². The number of hydrogen-bond donors (Lipinski definition) is 1. The molecule has 0 saturated heterocycles. The standard InChI is InChI=1S/C16H21NO/c17-16(11-5-2-6-12-16)14-18-13-7-10-15-8-3-1-4-9-15/h1,3-4,8-9H,2,5-6,11-14,17H2. The van der Waals surface area contributed by atoms with Crippen molar-refractivity contribution in [2.75, 3.05) is 13.2 Å². The lowest BCUT2D eigenvalue weighted by molar-refractivity contribution is 0.0886. The molecule has 0 radical (unpaired) electrons. The average Bonchev–Trinajstić information content (AvgIpc) is 2.40. The van der Waals surface area contributed by atoms with Crippen molar-refractivity contribution in [3.05, 3.63) is 35.9 Å². The van der Waals surface area contributed by atoms with Gasteiger partial charge >= 0.3 is 0 Å². The molecule has 1 saturated carbocycles. The average molecular weight is 243 g/mol. The highest BCUT2D eigenvalue weighted by Crippen LogP contribution is 2.25. The lowest BCUT2D eigenvalue weighted by atomic mass is 9.83. The van der Waals surface area contributed by atoms with Crippen molar-refractivity contribution in [3.63, 3.8) is 0 Å². The van der Waals surface area contributed by atoms with E-state index in [0.717, 1.165) is 18.4 Å². The molecule has 2 heteroatoms. The molecule has 0 amide bonds. The smallest absolute Gasteiger partial charge is 0.108 e. The first-order chi connectivity index (χ1) is 8.79. The third-order valence-electron chi connectivity index (χ3n) is 3.42. The summed E-state index contributed by atoms with van der Waals surface area (Å²) >= 11 is 0. The van der Waals surface area contributed by atoms with Gasteiger partial charge in [0.15, 0.2) is 0 Å². The van der Waals surface area contributed by atoms with Crippen molar-refractivity contribution in [3.8, 4) is 11.8 Å². The van der Waals surface area contributed by atoms with Crippen LogP contribution in [0.5, 0.6) is 0 Å². The molecule has 2 rings (SSSR count). The van der Waals surface area contributed by atoms with E-state index in [1.807, 2.05) is 30.3 Å². The Kier molecular flexibility index (Phi) is 4.81. The van der Waals surface area contributed by atoms with Crippen LogP contribution in [0, 0.1) is 11.8 Å². The van der Waals surface area contributed by atoms with Crippen LogP contribution in [0.15, 0.2) is 30.3 Å². The van der Waals surface area contributed by atoms with Crippen LogP contribution in [0.2, 0.25) is 0 Å². The first-order valence-electron chi connectivity index (χ1n) is 6.69. The maximum absolute atomic E-state index is 6.28. The summed E-state index contributed by atoms with van der Waals surface area (Å²) in [7, 11) is 0. The van der Waals surface area contributed by atoms with Crippen molar-refractivity contribution in [1.82, 2.24) is 0 Å². The first-order valence-corrected chi connectivity index (χ1v) is 6.69. The molecule has 2 N–H and O–H groups in total. The van der Waals surface area contributed by atoms with Gasteiger partial charge in [0.25, 0.3) is 0 Å². The van der Waals surface area contributed by atoms with Gasteiger partial charge in [-0.1, -0.05) is 49.3 Å². The molecule has 1 fully saturated rings. The third-order valence-corrected chi connectivity index (χ3v) is 3.42. The van der Waals surface area contributed by atoms with Gasteiger partial charge in [-0.15, -0.1) is 0 Å². The van der Waals surface area contributed by atoms with Crippen LogP contribution in [-0.2, 0) is 4.74 Å². The maximum Gasteiger partial charge on any atom is 0.108 e. The summed E-state index contributed by atoms with van der Waals surface area (Å²) in [4.78, 5) is 0. The van der Waals surface area contributed by atoms with Crippen LogP contribution in [0.3, 0.4) is 0 Å². The van der Waals surface area contributed by atoms with E-state index in [4.69, 9.17) is 10.5 Å². The van der Waals surface area contributed by atoms with Gasteiger partial charge in [0.2, 0.25) is 0 Å². The Morgan fingerprint density at radius 2 is 1.83 bits per heavy atom. The number of benzene rings is 1. The minimum atomic E-state index is -0.104. The highest BCUT2D eigenvalue weighted by atomic mass is 16.5. The summed E-state index contributed by atoms with van der Waals surface area (Å²) in [6.07, 6.45) is 5.94. The van der Waals surface area contributed by atoms with Gasteiger partial charge < -0.3 is 10.5 Å². The van der Waals surface area contributed by atoms with Gasteiger partial charge in [-0.2, -0.15) is 0 Å². The van der Waals surface area contributed by atoms with Crippen molar-refractivity contribution in [2.45, 2.75) is 37.6 Å². The highest BCUT2D eigenvalue weighted by molar-refractivity contribution is 5.33. The molecule has 1 aromatic rings. The number of ether oxygens (including phenoxy) is 1. The summed E-state index contributed by atoms with van der Waals surface area (Å²) in [5.74, 6) is 6.11. The molecule has 0 atom stereocenters. The highest BCUT2D eigenvalue weighted by Gasteiger charge is 2.27. The quantitative estimate of drug-likeness (QED) is 0.654. The van der Waals surface area contributed by atoms with Gasteiger partial charge in [-0.25, -0.2) is 0 Å². The molecule has 18 heavy (non-hydrogen) atoms. The molecular formula is C16H21NO. The van der Waals surface area contributed by atoms with E-state index in [2.05, 4.69) is 11.8 Å². The second-order valence-electron chi connectivity index (χ2n) is 5.08. The zero-order valence-corrected chi connectivity index (χ0v) is 10.8. The lowest BCUT2D eigenvalue weighted by Gasteiger charge is -2.32. The summed E-state index contributed by atoms with van der Waals surface area (Å²) in [6, 6.07) is 9.96. The van der Waals surface area contributed by atoms with E-state index in [1.54, 1.807) is 0 Å². The van der Waals surface area contributed by atoms with E-state index in [-0.39, 0.29) is 5.54 Å². The van der Waals surface area contributed by atoms with E-state index < -0.39 is 0 Å². The van der Waals surface area contributed by atoms with Crippen molar-refractivity contribution < 1.29 is 4.74 Å². The Morgan fingerprint density at radius 3 is 2.56 bits per heavy atom. The van der Waals surface area contributed by atoms with Crippen molar-refractivity contribution >= 4 is 0 Å². The predicted molar refractivity (Wildman–Crippen MR) is 74.1 cm³/mol. The Morgan fingerprint density at radius 1 is 1.11 bits per heavy atom. The molecule has 0 aromatic heterocycles. The lowest BCUT2D eigenvalue weighted by Crippen LogP contribution is -2.46. The molecule has 0 unspecified atom stereocenters. The SMILES string of the molecule is NC1(COCC#Cc2ccccc2)CCCCC1. The Hall–Kier alpha value is -1.30. The summed E-state index contributed by atoms with van der Waals surface area (Å²) in [6.45, 7) is 1.10. The van der Waals surface area contributed by atoms with Crippen LogP contribution in [-0.4, -0.2) is 18.8 Å². The van der Waals surface area contributed by atoms with Crippen LogP contribution in [0.1, 0.15) is 37.7 Å². The second kappa shape index (κ2) is 6.58. The largest absolute Gasteiger partial charge is 0.367 e. The minimum Gasteiger partial charge on any atom is -0.367 e. The molecule has 0 heterocycles. The second-order valence-corrected chi connectivity index (χ2v) is 5.08. The van der Waals surface area contributed by atoms with Gasteiger partial charge in [-0.3, -0.25) is 0 Å². The molecule has 2 nitrogen and oxygen atoms in total. The predicted octanol–water partition coefficient (Wildman–Crippen LogP) is 2.72. The molecule has 0 aliphatic heterocycles. The Bertz CT molecular complexity index is 410. The van der Waals surface area contributed by atoms with Gasteiger partial charge in [0.1, 0.15) is 6.61 Å². The summed E-state index contributed by atoms with van der Waals surface area (Å²) < 4.78 is 5.60. The molecule has 1 aromatic carbocycles. The minimum absolute atomic E-state index is 0.104. The van der Waals surface area contributed by atoms with Crippen LogP contribution in [0.4, 0.5) is 0 Å². The van der Waals surface area contributed by atoms with E-state index in [9.17, 15) is 0 Å². The van der Waals surface area contributed by atoms with Crippen LogP contribution < -0.4 is 5.73 Å². The number of hydrogen-bond acceptors (Lipinski definition) is 2. The monoisotopic (exact) mass is 243 g/mol. The van der Waals surface area contributed by atoms with Gasteiger partial charge in [0.05, 0.1) is 6.61 Å². The first kappa shape index (κ1) is 13.1. The Labute approximate surface area is 110 Å². The topological polar surface area (TPSA) is 35.2 Å². The molecular weight excluding hydrogens is 222 g/mol. The molecule has 1 aliphatic carbocycles. The molecule has 0 spiro atoms. The van der Waals surface area contributed by atoms with E-state index >= 15 is 0 Å². The van der Waals surface area contributed by atoms with E-state index in [1.165, 1.54) is 19.3 Å². The van der Waals surface area contributed by atoms with Crippen molar-refractivity contribution in [1.29, 1.82) is 0 Å². The number of nitrogens with two attached hydrogens (primary N) is 1. The van der Waals surface area contributed by atoms with Crippen LogP contribution >= 0.6 is 0 Å². The van der Waals surface area contributed by atoms with Gasteiger partial charge in [0, 0.05) is 11.1 Å². The number of rotatable bonds is 3. The third kappa shape index (κ3) is 4.18. The molecule has 96 valence electrons.